The number of methoxy groups -OCH3 is 1. The second-order valence-electron chi connectivity index (χ2n) is 7.97. The number of nitrogens with one attached hydrogen (secondary N) is 3. The molecule has 8 heteroatoms. The fourth-order valence-corrected chi connectivity index (χ4v) is 4.17. The molecule has 3 aromatic rings. The largest absolute Gasteiger partial charge is 0.492 e. The number of aromatic amines is 1. The molecular weight excluding hydrogens is 411 g/mol. The molecule has 4 heterocycles. The van der Waals surface area contributed by atoms with Crippen molar-refractivity contribution in [1.29, 1.82) is 0 Å². The maximum absolute atomic E-state index is 14.4. The Kier molecular flexibility index (Phi) is 5.05. The van der Waals surface area contributed by atoms with Crippen LogP contribution in [0, 0.1) is 11.7 Å². The standard InChI is InChI=1S/C24H23FN4O3/c1-13-6-7-14-10-27-24(30)19-20(14)29-21(15-8-9-26-11-18(15)32-12-13)22(19)28-17-5-3-4-16(25)23(17)31-2/h3-9,11,13-14,28-29H,10,12H2,1-2H3,(H,27,30)/b7-6-/t13-,14+/m1/s1. The van der Waals surface area contributed by atoms with E-state index in [-0.39, 0.29) is 23.5 Å². The number of carbonyl (C=O) groups is 1. The lowest BCUT2D eigenvalue weighted by atomic mass is 9.94. The number of anilines is 2. The maximum atomic E-state index is 14.4. The van der Waals surface area contributed by atoms with Crippen molar-refractivity contribution < 1.29 is 18.7 Å². The minimum absolute atomic E-state index is 0.0303. The van der Waals surface area contributed by atoms with E-state index >= 15 is 0 Å². The highest BCUT2D eigenvalue weighted by molar-refractivity contribution is 6.07. The van der Waals surface area contributed by atoms with Gasteiger partial charge in [0.2, 0.25) is 0 Å². The highest BCUT2D eigenvalue weighted by Gasteiger charge is 2.33. The minimum Gasteiger partial charge on any atom is -0.492 e. The Bertz CT molecular complexity index is 1220. The molecule has 0 fully saturated rings. The highest BCUT2D eigenvalue weighted by Crippen LogP contribution is 2.44. The summed E-state index contributed by atoms with van der Waals surface area (Å²) in [6.07, 6.45) is 7.52. The number of aromatic nitrogens is 2. The first-order valence-electron chi connectivity index (χ1n) is 10.5. The van der Waals surface area contributed by atoms with E-state index in [0.29, 0.717) is 41.5 Å². The molecule has 1 aromatic carbocycles. The number of pyridine rings is 1. The molecule has 2 aliphatic rings. The van der Waals surface area contributed by atoms with Crippen molar-refractivity contribution >= 4 is 17.3 Å². The molecule has 0 unspecified atom stereocenters. The van der Waals surface area contributed by atoms with Crippen LogP contribution in [0.3, 0.4) is 0 Å². The Morgan fingerprint density at radius 1 is 1.28 bits per heavy atom. The van der Waals surface area contributed by atoms with Gasteiger partial charge >= 0.3 is 0 Å². The molecule has 2 aromatic heterocycles. The van der Waals surface area contributed by atoms with Crippen LogP contribution in [-0.2, 0) is 0 Å². The molecule has 0 aliphatic carbocycles. The molecule has 0 saturated carbocycles. The van der Waals surface area contributed by atoms with E-state index in [2.05, 4.69) is 39.7 Å². The normalized spacial score (nSPS) is 20.3. The van der Waals surface area contributed by atoms with Gasteiger partial charge in [-0.15, -0.1) is 0 Å². The van der Waals surface area contributed by atoms with Gasteiger partial charge in [-0.2, -0.15) is 0 Å². The number of benzene rings is 1. The smallest absolute Gasteiger partial charge is 0.255 e. The number of ether oxygens (including phenoxy) is 2. The lowest BCUT2D eigenvalue weighted by Gasteiger charge is -2.22. The summed E-state index contributed by atoms with van der Waals surface area (Å²) in [6, 6.07) is 6.46. The second-order valence-corrected chi connectivity index (χ2v) is 7.97. The van der Waals surface area contributed by atoms with Gasteiger partial charge in [-0.1, -0.05) is 25.1 Å². The molecule has 0 radical (unpaired) electrons. The van der Waals surface area contributed by atoms with Crippen molar-refractivity contribution in [1.82, 2.24) is 15.3 Å². The third-order valence-corrected chi connectivity index (χ3v) is 5.77. The van der Waals surface area contributed by atoms with Gasteiger partial charge in [0.05, 0.1) is 42.5 Å². The van der Waals surface area contributed by atoms with Crippen LogP contribution < -0.4 is 20.1 Å². The number of H-pyrrole nitrogens is 1. The van der Waals surface area contributed by atoms with Crippen molar-refractivity contribution in [3.63, 3.8) is 0 Å². The molecule has 164 valence electrons. The van der Waals surface area contributed by atoms with E-state index in [9.17, 15) is 9.18 Å². The molecule has 0 spiro atoms. The second kappa shape index (κ2) is 8.03. The summed E-state index contributed by atoms with van der Waals surface area (Å²) in [7, 11) is 1.41. The number of hydrogen-bond donors (Lipinski definition) is 3. The van der Waals surface area contributed by atoms with Crippen LogP contribution in [0.25, 0.3) is 11.3 Å². The fourth-order valence-electron chi connectivity index (χ4n) is 4.17. The molecular formula is C24H23FN4O3. The van der Waals surface area contributed by atoms with Gasteiger partial charge in [0.25, 0.3) is 5.91 Å². The van der Waals surface area contributed by atoms with Gasteiger partial charge < -0.3 is 25.1 Å². The number of halogens is 1. The van der Waals surface area contributed by atoms with E-state index in [1.807, 2.05) is 6.07 Å². The van der Waals surface area contributed by atoms with Crippen molar-refractivity contribution in [2.24, 2.45) is 5.92 Å². The molecule has 5 rings (SSSR count). The Morgan fingerprint density at radius 2 is 2.16 bits per heavy atom. The number of nitrogens with zero attached hydrogens (tertiary/aromatic N) is 1. The van der Waals surface area contributed by atoms with Crippen LogP contribution in [0.1, 0.15) is 28.9 Å². The Hall–Kier alpha value is -3.81. The van der Waals surface area contributed by atoms with Gasteiger partial charge in [-0.25, -0.2) is 4.39 Å². The van der Waals surface area contributed by atoms with Crippen molar-refractivity contribution in [2.45, 2.75) is 12.8 Å². The zero-order valence-electron chi connectivity index (χ0n) is 17.7. The van der Waals surface area contributed by atoms with Gasteiger partial charge in [0, 0.05) is 35.8 Å². The number of amides is 1. The van der Waals surface area contributed by atoms with E-state index in [1.165, 1.54) is 13.2 Å². The summed E-state index contributed by atoms with van der Waals surface area (Å²) < 4.78 is 25.7. The zero-order chi connectivity index (χ0) is 22.2. The molecule has 2 atom stereocenters. The Labute approximate surface area is 184 Å². The van der Waals surface area contributed by atoms with Crippen LogP contribution in [0.2, 0.25) is 0 Å². The summed E-state index contributed by atoms with van der Waals surface area (Å²) in [5, 5.41) is 6.23. The molecule has 7 nitrogen and oxygen atoms in total. The summed E-state index contributed by atoms with van der Waals surface area (Å²) in [5.74, 6) is 0.125. The van der Waals surface area contributed by atoms with Crippen LogP contribution >= 0.6 is 0 Å². The summed E-state index contributed by atoms with van der Waals surface area (Å²) in [6.45, 7) is 3.06. The van der Waals surface area contributed by atoms with Crippen LogP contribution in [-0.4, -0.2) is 36.1 Å². The Balaban J connectivity index is 1.76. The first-order chi connectivity index (χ1) is 15.6. The van der Waals surface area contributed by atoms with Gasteiger partial charge in [-0.05, 0) is 18.2 Å². The highest BCUT2D eigenvalue weighted by atomic mass is 19.1. The molecule has 1 amide bonds. The topological polar surface area (TPSA) is 88.3 Å². The SMILES string of the molecule is COc1c(F)cccc1Nc1c2[nH]c3c1C(=O)NC[C@@H]3/C=C\[C@@H](C)COc1cnccc1-2. The quantitative estimate of drug-likeness (QED) is 0.533. The van der Waals surface area contributed by atoms with Crippen LogP contribution in [0.5, 0.6) is 11.5 Å². The fraction of sp³-hybridized carbons (Fsp3) is 0.250. The monoisotopic (exact) mass is 434 g/mol. The first kappa shape index (κ1) is 20.1. The first-order valence-corrected chi connectivity index (χ1v) is 10.5. The number of hydrogen-bond acceptors (Lipinski definition) is 5. The minimum atomic E-state index is -0.495. The average molecular weight is 434 g/mol. The zero-order valence-corrected chi connectivity index (χ0v) is 17.7. The molecule has 2 bridgehead atoms. The third kappa shape index (κ3) is 3.37. The van der Waals surface area contributed by atoms with Crippen LogP contribution in [0.15, 0.2) is 48.8 Å². The van der Waals surface area contributed by atoms with E-state index in [4.69, 9.17) is 9.47 Å². The predicted molar refractivity (Wildman–Crippen MR) is 119 cm³/mol. The summed E-state index contributed by atoms with van der Waals surface area (Å²) >= 11 is 0. The molecule has 0 saturated heterocycles. The van der Waals surface area contributed by atoms with E-state index < -0.39 is 5.82 Å². The van der Waals surface area contributed by atoms with Gasteiger partial charge in [0.1, 0.15) is 5.75 Å². The van der Waals surface area contributed by atoms with Gasteiger partial charge in [-0.3, -0.25) is 9.78 Å². The number of para-hydroxylation sites is 1. The average Bonchev–Trinajstić information content (AvgIpc) is 3.16. The molecule has 2 aliphatic heterocycles. The van der Waals surface area contributed by atoms with Crippen molar-refractivity contribution in [3.8, 4) is 22.8 Å². The summed E-state index contributed by atoms with van der Waals surface area (Å²) in [4.78, 5) is 20.7. The van der Waals surface area contributed by atoms with E-state index in [0.717, 1.165) is 11.3 Å². The van der Waals surface area contributed by atoms with Crippen molar-refractivity contribution in [2.75, 3.05) is 25.6 Å². The summed E-state index contributed by atoms with van der Waals surface area (Å²) in [5.41, 5.74) is 3.66. The molecule has 32 heavy (non-hydrogen) atoms. The van der Waals surface area contributed by atoms with E-state index in [1.54, 1.807) is 24.5 Å². The van der Waals surface area contributed by atoms with Gasteiger partial charge in [0.15, 0.2) is 11.6 Å². The third-order valence-electron chi connectivity index (χ3n) is 5.77. The lowest BCUT2D eigenvalue weighted by molar-refractivity contribution is 0.0944. The lowest BCUT2D eigenvalue weighted by Crippen LogP contribution is -2.34. The van der Waals surface area contributed by atoms with Crippen molar-refractivity contribution in [3.05, 3.63) is 65.9 Å². The Morgan fingerprint density at radius 3 is 3.00 bits per heavy atom. The maximum Gasteiger partial charge on any atom is 0.255 e. The molecule has 3 N–H and O–H groups in total. The number of fused-ring (bicyclic) bond motifs is 3. The van der Waals surface area contributed by atoms with Crippen LogP contribution in [0.4, 0.5) is 15.8 Å². The number of carbonyl (C=O) groups excluding carboxylic acids is 1. The number of rotatable bonds is 3. The predicted octanol–water partition coefficient (Wildman–Crippen LogP) is 4.38.